The molecule has 5 nitrogen and oxygen atoms in total. The minimum Gasteiger partial charge on any atom is -0.468 e. The summed E-state index contributed by atoms with van der Waals surface area (Å²) < 4.78 is 6.57. The lowest BCUT2D eigenvalue weighted by atomic mass is 10.3. The van der Waals surface area contributed by atoms with E-state index < -0.39 is 0 Å². The van der Waals surface area contributed by atoms with Crippen molar-refractivity contribution in [2.24, 2.45) is 7.05 Å². The molecule has 1 rings (SSSR count). The van der Waals surface area contributed by atoms with E-state index in [1.807, 2.05) is 17.8 Å². The summed E-state index contributed by atoms with van der Waals surface area (Å²) in [5.74, 6) is 0.765. The summed E-state index contributed by atoms with van der Waals surface area (Å²) in [6.07, 6.45) is 4.53. The Labute approximate surface area is 103 Å². The van der Waals surface area contributed by atoms with Gasteiger partial charge in [-0.15, -0.1) is 0 Å². The van der Waals surface area contributed by atoms with Crippen molar-refractivity contribution in [3.63, 3.8) is 0 Å². The van der Waals surface area contributed by atoms with Crippen LogP contribution in [0.15, 0.2) is 12.4 Å². The third-order valence-corrected chi connectivity index (χ3v) is 2.92. The average Bonchev–Trinajstić information content (AvgIpc) is 2.69. The van der Waals surface area contributed by atoms with Gasteiger partial charge in [0.05, 0.1) is 7.11 Å². The standard InChI is InChI=1S/C10H16BrN3O2/c1-14-6-5-13-9(14)3-4-12-7-8(11)10(15)16-2/h5-6,8,12H,3-4,7H2,1-2H3. The Morgan fingerprint density at radius 3 is 3.06 bits per heavy atom. The van der Waals surface area contributed by atoms with Gasteiger partial charge in [0.25, 0.3) is 0 Å². The van der Waals surface area contributed by atoms with Crippen LogP contribution in [-0.4, -0.2) is 40.5 Å². The SMILES string of the molecule is COC(=O)C(Br)CNCCc1nccn1C. The number of rotatable bonds is 6. The van der Waals surface area contributed by atoms with Crippen molar-refractivity contribution in [2.45, 2.75) is 11.2 Å². The van der Waals surface area contributed by atoms with E-state index in [4.69, 9.17) is 0 Å². The lowest BCUT2D eigenvalue weighted by Gasteiger charge is -2.08. The zero-order valence-corrected chi connectivity index (χ0v) is 11.0. The summed E-state index contributed by atoms with van der Waals surface area (Å²) in [7, 11) is 3.34. The molecular formula is C10H16BrN3O2. The molecular weight excluding hydrogens is 274 g/mol. The quantitative estimate of drug-likeness (QED) is 0.470. The maximum absolute atomic E-state index is 11.1. The Hall–Kier alpha value is -0.880. The van der Waals surface area contributed by atoms with Gasteiger partial charge in [-0.2, -0.15) is 0 Å². The van der Waals surface area contributed by atoms with Gasteiger partial charge in [0, 0.05) is 39.0 Å². The van der Waals surface area contributed by atoms with Crippen LogP contribution in [0.5, 0.6) is 0 Å². The molecule has 1 aromatic rings. The number of halogens is 1. The molecule has 1 unspecified atom stereocenters. The number of nitrogens with zero attached hydrogens (tertiary/aromatic N) is 2. The zero-order valence-electron chi connectivity index (χ0n) is 9.44. The number of carbonyl (C=O) groups excluding carboxylic acids is 1. The number of nitrogens with one attached hydrogen (secondary N) is 1. The number of ether oxygens (including phenoxy) is 1. The van der Waals surface area contributed by atoms with Crippen LogP contribution in [0, 0.1) is 0 Å². The average molecular weight is 290 g/mol. The topological polar surface area (TPSA) is 56.1 Å². The number of aryl methyl sites for hydroxylation is 1. The molecule has 90 valence electrons. The first-order chi connectivity index (χ1) is 7.65. The van der Waals surface area contributed by atoms with Gasteiger partial charge >= 0.3 is 5.97 Å². The van der Waals surface area contributed by atoms with E-state index in [0.29, 0.717) is 6.54 Å². The first kappa shape index (κ1) is 13.2. The third-order valence-electron chi connectivity index (χ3n) is 2.23. The lowest BCUT2D eigenvalue weighted by Crippen LogP contribution is -2.31. The maximum atomic E-state index is 11.1. The molecule has 0 fully saturated rings. The summed E-state index contributed by atoms with van der Waals surface area (Å²) in [5, 5.41) is 3.16. The van der Waals surface area contributed by atoms with E-state index in [2.05, 4.69) is 31.0 Å². The minimum atomic E-state index is -0.293. The van der Waals surface area contributed by atoms with Crippen LogP contribution in [0.25, 0.3) is 0 Å². The third kappa shape index (κ3) is 3.94. The Morgan fingerprint density at radius 1 is 1.75 bits per heavy atom. The smallest absolute Gasteiger partial charge is 0.320 e. The van der Waals surface area contributed by atoms with Crippen LogP contribution in [0.1, 0.15) is 5.82 Å². The summed E-state index contributed by atoms with van der Waals surface area (Å²) in [6.45, 7) is 1.33. The van der Waals surface area contributed by atoms with Crippen molar-refractivity contribution >= 4 is 21.9 Å². The first-order valence-corrected chi connectivity index (χ1v) is 5.95. The number of alkyl halides is 1. The molecule has 0 aromatic carbocycles. The van der Waals surface area contributed by atoms with Gasteiger partial charge in [-0.3, -0.25) is 4.79 Å². The Balaban J connectivity index is 2.17. The fraction of sp³-hybridized carbons (Fsp3) is 0.600. The van der Waals surface area contributed by atoms with Crippen molar-refractivity contribution in [2.75, 3.05) is 20.2 Å². The molecule has 0 saturated heterocycles. The number of hydrogen-bond donors (Lipinski definition) is 1. The largest absolute Gasteiger partial charge is 0.468 e. The second kappa shape index (κ2) is 6.65. The van der Waals surface area contributed by atoms with Gasteiger partial charge in [0.1, 0.15) is 10.7 Å². The molecule has 1 N–H and O–H groups in total. The van der Waals surface area contributed by atoms with Crippen LogP contribution >= 0.6 is 15.9 Å². The number of aromatic nitrogens is 2. The summed E-state index contributed by atoms with van der Waals surface area (Å²) in [4.78, 5) is 15.0. The predicted molar refractivity (Wildman–Crippen MR) is 64.5 cm³/mol. The molecule has 6 heteroatoms. The Kier molecular flexibility index (Phi) is 5.48. The van der Waals surface area contributed by atoms with Crippen LogP contribution in [0.3, 0.4) is 0 Å². The van der Waals surface area contributed by atoms with Crippen molar-refractivity contribution in [1.29, 1.82) is 0 Å². The highest BCUT2D eigenvalue weighted by Crippen LogP contribution is 2.00. The first-order valence-electron chi connectivity index (χ1n) is 5.04. The minimum absolute atomic E-state index is 0.260. The lowest BCUT2D eigenvalue weighted by molar-refractivity contribution is -0.139. The highest BCUT2D eigenvalue weighted by molar-refractivity contribution is 9.10. The van der Waals surface area contributed by atoms with Gasteiger partial charge in [-0.05, 0) is 0 Å². The molecule has 16 heavy (non-hydrogen) atoms. The maximum Gasteiger partial charge on any atom is 0.320 e. The molecule has 0 aliphatic rings. The molecule has 1 aromatic heterocycles. The number of esters is 1. The van der Waals surface area contributed by atoms with E-state index in [9.17, 15) is 4.79 Å². The molecule has 1 atom stereocenters. The monoisotopic (exact) mass is 289 g/mol. The van der Waals surface area contributed by atoms with Crippen molar-refractivity contribution in [3.05, 3.63) is 18.2 Å². The number of imidazole rings is 1. The number of hydrogen-bond acceptors (Lipinski definition) is 4. The van der Waals surface area contributed by atoms with Crippen LogP contribution < -0.4 is 5.32 Å². The fourth-order valence-corrected chi connectivity index (χ4v) is 1.69. The Bertz CT molecular complexity index is 341. The van der Waals surface area contributed by atoms with Gasteiger partial charge < -0.3 is 14.6 Å². The number of carbonyl (C=O) groups is 1. The molecule has 1 heterocycles. The molecule has 0 bridgehead atoms. The van der Waals surface area contributed by atoms with Gasteiger partial charge in [-0.1, -0.05) is 15.9 Å². The van der Waals surface area contributed by atoms with E-state index in [1.54, 1.807) is 6.20 Å². The second-order valence-electron chi connectivity index (χ2n) is 3.40. The highest BCUT2D eigenvalue weighted by atomic mass is 79.9. The summed E-state index contributed by atoms with van der Waals surface area (Å²) >= 11 is 3.24. The van der Waals surface area contributed by atoms with Crippen LogP contribution in [-0.2, 0) is 23.0 Å². The van der Waals surface area contributed by atoms with E-state index in [-0.39, 0.29) is 10.8 Å². The van der Waals surface area contributed by atoms with Crippen molar-refractivity contribution in [3.8, 4) is 0 Å². The number of methoxy groups -OCH3 is 1. The molecule has 0 saturated carbocycles. The normalized spacial score (nSPS) is 12.4. The van der Waals surface area contributed by atoms with Gasteiger partial charge in [0.15, 0.2) is 0 Å². The van der Waals surface area contributed by atoms with E-state index in [1.165, 1.54) is 7.11 Å². The van der Waals surface area contributed by atoms with Crippen LogP contribution in [0.2, 0.25) is 0 Å². The summed E-state index contributed by atoms with van der Waals surface area (Å²) in [5.41, 5.74) is 0. The summed E-state index contributed by atoms with van der Waals surface area (Å²) in [6, 6.07) is 0. The molecule has 0 spiro atoms. The fourth-order valence-electron chi connectivity index (χ4n) is 1.28. The van der Waals surface area contributed by atoms with E-state index in [0.717, 1.165) is 18.8 Å². The predicted octanol–water partition coefficient (Wildman–Crippen LogP) is 0.489. The van der Waals surface area contributed by atoms with Gasteiger partial charge in [-0.25, -0.2) is 4.98 Å². The molecule has 0 radical (unpaired) electrons. The zero-order chi connectivity index (χ0) is 12.0. The van der Waals surface area contributed by atoms with Crippen molar-refractivity contribution in [1.82, 2.24) is 14.9 Å². The Morgan fingerprint density at radius 2 is 2.50 bits per heavy atom. The van der Waals surface area contributed by atoms with Crippen LogP contribution in [0.4, 0.5) is 0 Å². The second-order valence-corrected chi connectivity index (χ2v) is 4.50. The molecule has 0 amide bonds. The van der Waals surface area contributed by atoms with Gasteiger partial charge in [0.2, 0.25) is 0 Å². The van der Waals surface area contributed by atoms with Crippen molar-refractivity contribution < 1.29 is 9.53 Å². The van der Waals surface area contributed by atoms with E-state index >= 15 is 0 Å². The molecule has 0 aliphatic heterocycles. The molecule has 0 aliphatic carbocycles. The highest BCUT2D eigenvalue weighted by Gasteiger charge is 2.13.